The van der Waals surface area contributed by atoms with Crippen LogP contribution in [0, 0.1) is 35.5 Å². The summed E-state index contributed by atoms with van der Waals surface area (Å²) in [7, 11) is 0. The van der Waals surface area contributed by atoms with Crippen LogP contribution in [0.5, 0.6) is 0 Å². The molecule has 0 saturated heterocycles. The molecule has 1 aromatic rings. The monoisotopic (exact) mass is 416 g/mol. The molecule has 31 heavy (non-hydrogen) atoms. The van der Waals surface area contributed by atoms with Crippen molar-refractivity contribution in [1.82, 2.24) is 0 Å². The fourth-order valence-electron chi connectivity index (χ4n) is 8.58. The number of carboxylic acids is 1. The van der Waals surface area contributed by atoms with Gasteiger partial charge in [0.1, 0.15) is 0 Å². The lowest BCUT2D eigenvalue weighted by Gasteiger charge is -2.52. The Labute approximate surface area is 186 Å². The predicted molar refractivity (Wildman–Crippen MR) is 124 cm³/mol. The van der Waals surface area contributed by atoms with Crippen LogP contribution in [0.15, 0.2) is 47.6 Å². The number of fused-ring (bicyclic) bond motifs is 6. The fraction of sp³-hybridized carbons (Fsp3) is 0.621. The van der Waals surface area contributed by atoms with Crippen molar-refractivity contribution in [3.8, 4) is 0 Å². The standard InChI is InChI=1S/C29H36O2/c30-29(31)28-8-4-3-7-22(28)19-10-12-23-20(17-19)11-14-27-25(23)16-15-24-21-6-2-1-5-18(21)9-13-26(24)27/h3-4,7-8,15-16,18-21,24,26-27H,1-2,5-6,9-14,17H2,(H,30,31). The van der Waals surface area contributed by atoms with Crippen LogP contribution in [-0.4, -0.2) is 11.1 Å². The van der Waals surface area contributed by atoms with Gasteiger partial charge in [-0.25, -0.2) is 4.79 Å². The molecule has 0 spiro atoms. The first-order valence-electron chi connectivity index (χ1n) is 12.9. The Kier molecular flexibility index (Phi) is 5.08. The summed E-state index contributed by atoms with van der Waals surface area (Å²) in [6, 6.07) is 7.72. The molecule has 7 unspecified atom stereocenters. The maximum atomic E-state index is 11.8. The summed E-state index contributed by atoms with van der Waals surface area (Å²) < 4.78 is 0. The Morgan fingerprint density at radius 1 is 0.871 bits per heavy atom. The first-order chi connectivity index (χ1) is 15.2. The van der Waals surface area contributed by atoms with Gasteiger partial charge in [-0.1, -0.05) is 55.2 Å². The highest BCUT2D eigenvalue weighted by molar-refractivity contribution is 5.89. The van der Waals surface area contributed by atoms with Gasteiger partial charge in [0.25, 0.3) is 0 Å². The van der Waals surface area contributed by atoms with Crippen LogP contribution in [0.2, 0.25) is 0 Å². The molecule has 0 amide bonds. The second-order valence-corrected chi connectivity index (χ2v) is 11.1. The SMILES string of the molecule is O=C(O)c1ccccc1C1CCC2=C3C=CC4C5CCCCC5CCC4C3CCC2C1. The molecule has 1 N–H and O–H groups in total. The van der Waals surface area contributed by atoms with Crippen molar-refractivity contribution in [2.75, 3.05) is 0 Å². The van der Waals surface area contributed by atoms with E-state index in [0.717, 1.165) is 48.0 Å². The summed E-state index contributed by atoms with van der Waals surface area (Å²) in [6.07, 6.45) is 20.2. The van der Waals surface area contributed by atoms with Crippen LogP contribution in [0.4, 0.5) is 0 Å². The summed E-state index contributed by atoms with van der Waals surface area (Å²) in [4.78, 5) is 11.8. The molecule has 0 radical (unpaired) electrons. The van der Waals surface area contributed by atoms with Crippen molar-refractivity contribution in [2.45, 2.75) is 76.5 Å². The highest BCUT2D eigenvalue weighted by atomic mass is 16.4. The van der Waals surface area contributed by atoms with Crippen LogP contribution < -0.4 is 0 Å². The number of carbonyl (C=O) groups is 1. The van der Waals surface area contributed by atoms with Crippen molar-refractivity contribution in [3.63, 3.8) is 0 Å². The maximum absolute atomic E-state index is 11.8. The molecule has 5 aliphatic carbocycles. The molecule has 7 atom stereocenters. The van der Waals surface area contributed by atoms with E-state index in [2.05, 4.69) is 18.2 Å². The van der Waals surface area contributed by atoms with Gasteiger partial charge in [0.05, 0.1) is 5.56 Å². The van der Waals surface area contributed by atoms with Gasteiger partial charge < -0.3 is 5.11 Å². The zero-order chi connectivity index (χ0) is 20.9. The Bertz CT molecular complexity index is 924. The molecule has 0 bridgehead atoms. The number of carboxylic acid groups (broad SMARTS) is 1. The lowest BCUT2D eigenvalue weighted by Crippen LogP contribution is -2.42. The van der Waals surface area contributed by atoms with Gasteiger partial charge in [-0.15, -0.1) is 0 Å². The van der Waals surface area contributed by atoms with E-state index in [4.69, 9.17) is 0 Å². The van der Waals surface area contributed by atoms with E-state index in [0.29, 0.717) is 17.4 Å². The van der Waals surface area contributed by atoms with Gasteiger partial charge >= 0.3 is 5.97 Å². The number of allylic oxidation sites excluding steroid dienone is 4. The van der Waals surface area contributed by atoms with E-state index >= 15 is 0 Å². The molecule has 164 valence electrons. The van der Waals surface area contributed by atoms with Gasteiger partial charge in [-0.2, -0.15) is 0 Å². The van der Waals surface area contributed by atoms with Gasteiger partial charge in [0, 0.05) is 0 Å². The molecular formula is C29H36O2. The summed E-state index contributed by atoms with van der Waals surface area (Å²) in [5.74, 6) is 4.83. The third-order valence-electron chi connectivity index (χ3n) is 9.89. The third kappa shape index (κ3) is 3.33. The highest BCUT2D eigenvalue weighted by Gasteiger charge is 2.46. The molecule has 3 fully saturated rings. The molecular weight excluding hydrogens is 380 g/mol. The molecule has 1 aromatic carbocycles. The molecule has 0 aromatic heterocycles. The minimum atomic E-state index is -0.775. The second kappa shape index (κ2) is 7.94. The normalized spacial score (nSPS) is 39.2. The molecule has 2 heteroatoms. The molecule has 0 aliphatic heterocycles. The zero-order valence-corrected chi connectivity index (χ0v) is 18.6. The lowest BCUT2D eigenvalue weighted by atomic mass is 9.53. The van der Waals surface area contributed by atoms with Gasteiger partial charge in [-0.3, -0.25) is 0 Å². The Hall–Kier alpha value is -1.83. The van der Waals surface area contributed by atoms with Gasteiger partial charge in [0.2, 0.25) is 0 Å². The minimum Gasteiger partial charge on any atom is -0.478 e. The van der Waals surface area contributed by atoms with Crippen molar-refractivity contribution in [3.05, 3.63) is 58.7 Å². The van der Waals surface area contributed by atoms with E-state index in [1.807, 2.05) is 12.1 Å². The summed E-state index contributed by atoms with van der Waals surface area (Å²) in [5.41, 5.74) is 5.05. The number of aromatic carboxylic acids is 1. The zero-order valence-electron chi connectivity index (χ0n) is 18.6. The van der Waals surface area contributed by atoms with E-state index in [-0.39, 0.29) is 0 Å². The highest BCUT2D eigenvalue weighted by Crippen LogP contribution is 2.57. The Morgan fingerprint density at radius 2 is 1.74 bits per heavy atom. The maximum Gasteiger partial charge on any atom is 0.335 e. The van der Waals surface area contributed by atoms with Crippen molar-refractivity contribution in [1.29, 1.82) is 0 Å². The summed E-state index contributed by atoms with van der Waals surface area (Å²) in [5, 5.41) is 9.66. The molecule has 3 saturated carbocycles. The summed E-state index contributed by atoms with van der Waals surface area (Å²) >= 11 is 0. The number of rotatable bonds is 2. The first kappa shape index (κ1) is 19.8. The van der Waals surface area contributed by atoms with Gasteiger partial charge in [0.15, 0.2) is 0 Å². The van der Waals surface area contributed by atoms with E-state index in [1.165, 1.54) is 57.8 Å². The predicted octanol–water partition coefficient (Wildman–Crippen LogP) is 7.38. The van der Waals surface area contributed by atoms with Gasteiger partial charge in [-0.05, 0) is 110 Å². The molecule has 5 aliphatic rings. The average Bonchev–Trinajstić information content (AvgIpc) is 2.83. The Balaban J connectivity index is 1.26. The molecule has 2 nitrogen and oxygen atoms in total. The van der Waals surface area contributed by atoms with Crippen molar-refractivity contribution in [2.24, 2.45) is 35.5 Å². The lowest BCUT2D eigenvalue weighted by molar-refractivity contribution is 0.0503. The smallest absolute Gasteiger partial charge is 0.335 e. The second-order valence-electron chi connectivity index (χ2n) is 11.1. The van der Waals surface area contributed by atoms with E-state index in [9.17, 15) is 9.90 Å². The number of benzene rings is 1. The van der Waals surface area contributed by atoms with Crippen LogP contribution in [-0.2, 0) is 0 Å². The van der Waals surface area contributed by atoms with E-state index in [1.54, 1.807) is 17.2 Å². The van der Waals surface area contributed by atoms with Crippen LogP contribution in [0.25, 0.3) is 0 Å². The largest absolute Gasteiger partial charge is 0.478 e. The van der Waals surface area contributed by atoms with Crippen LogP contribution in [0.1, 0.15) is 92.5 Å². The first-order valence-corrected chi connectivity index (χ1v) is 12.9. The minimum absolute atomic E-state index is 0.399. The number of hydrogen-bond donors (Lipinski definition) is 1. The van der Waals surface area contributed by atoms with Crippen molar-refractivity contribution >= 4 is 5.97 Å². The fourth-order valence-corrected chi connectivity index (χ4v) is 8.58. The average molecular weight is 417 g/mol. The van der Waals surface area contributed by atoms with Crippen molar-refractivity contribution < 1.29 is 9.90 Å². The topological polar surface area (TPSA) is 37.3 Å². The van der Waals surface area contributed by atoms with Crippen LogP contribution >= 0.6 is 0 Å². The number of hydrogen-bond acceptors (Lipinski definition) is 1. The van der Waals surface area contributed by atoms with E-state index < -0.39 is 5.97 Å². The quantitative estimate of drug-likeness (QED) is 0.546. The molecule has 6 rings (SSSR count). The third-order valence-corrected chi connectivity index (χ3v) is 9.89. The molecule has 0 heterocycles. The van der Waals surface area contributed by atoms with Crippen LogP contribution in [0.3, 0.4) is 0 Å². The summed E-state index contributed by atoms with van der Waals surface area (Å²) in [6.45, 7) is 0. The Morgan fingerprint density at radius 3 is 2.65 bits per heavy atom.